The number of rotatable bonds is 6. The normalized spacial score (nSPS) is 13.6. The second-order valence-electron chi connectivity index (χ2n) is 8.22. The maximum Gasteiger partial charge on any atom is 0.342 e. The van der Waals surface area contributed by atoms with Gasteiger partial charge in [0.1, 0.15) is 11.3 Å². The van der Waals surface area contributed by atoms with Crippen molar-refractivity contribution in [1.29, 1.82) is 0 Å². The molecule has 34 heavy (non-hydrogen) atoms. The largest absolute Gasteiger partial charge is 0.462 e. The average molecular weight is 459 g/mol. The Morgan fingerprint density at radius 1 is 0.912 bits per heavy atom. The molecule has 0 N–H and O–H groups in total. The fourth-order valence-electron chi connectivity index (χ4n) is 4.27. The fraction of sp³-hybridized carbons (Fsp3) is 0.333. The molecule has 1 fully saturated rings. The number of carbonyl (C=O) groups is 2. The van der Waals surface area contributed by atoms with Crippen molar-refractivity contribution in [3.63, 3.8) is 0 Å². The number of anilines is 1. The van der Waals surface area contributed by atoms with Crippen molar-refractivity contribution in [1.82, 2.24) is 14.9 Å². The quantitative estimate of drug-likeness (QED) is 0.517. The summed E-state index contributed by atoms with van der Waals surface area (Å²) in [6.07, 6.45) is 0.484. The zero-order chi connectivity index (χ0) is 24.1. The van der Waals surface area contributed by atoms with Crippen molar-refractivity contribution < 1.29 is 14.3 Å². The van der Waals surface area contributed by atoms with Gasteiger partial charge >= 0.3 is 5.97 Å². The van der Waals surface area contributed by atoms with Crippen LogP contribution in [-0.2, 0) is 11.2 Å². The average Bonchev–Trinajstić information content (AvgIpc) is 2.88. The van der Waals surface area contributed by atoms with Crippen molar-refractivity contribution in [2.24, 2.45) is 0 Å². The molecule has 2 heterocycles. The number of piperazine rings is 1. The summed E-state index contributed by atoms with van der Waals surface area (Å²) in [4.78, 5) is 39.9. The number of benzene rings is 2. The SMILES string of the molecule is CCOC(=O)c1c(CC)nc(-c2ccccc2)nc1C(=O)N1CCN(c2ccccc2C)CC1. The summed E-state index contributed by atoms with van der Waals surface area (Å²) in [5, 5.41) is 0. The van der Waals surface area contributed by atoms with Crippen LogP contribution in [0.25, 0.3) is 11.4 Å². The summed E-state index contributed by atoms with van der Waals surface area (Å²) in [7, 11) is 0. The molecule has 1 aliphatic rings. The van der Waals surface area contributed by atoms with E-state index in [0.717, 1.165) is 5.56 Å². The van der Waals surface area contributed by atoms with Crippen LogP contribution in [0, 0.1) is 6.92 Å². The van der Waals surface area contributed by atoms with Crippen molar-refractivity contribution in [2.75, 3.05) is 37.7 Å². The first-order valence-electron chi connectivity index (χ1n) is 11.8. The molecule has 7 nitrogen and oxygen atoms in total. The molecule has 4 rings (SSSR count). The highest BCUT2D eigenvalue weighted by molar-refractivity contribution is 6.05. The van der Waals surface area contributed by atoms with Crippen LogP contribution in [0.5, 0.6) is 0 Å². The van der Waals surface area contributed by atoms with Crippen LogP contribution in [0.2, 0.25) is 0 Å². The Hall–Kier alpha value is -3.74. The first-order valence-corrected chi connectivity index (χ1v) is 11.8. The molecule has 176 valence electrons. The minimum Gasteiger partial charge on any atom is -0.462 e. The van der Waals surface area contributed by atoms with Crippen LogP contribution in [-0.4, -0.2) is 59.5 Å². The van der Waals surface area contributed by atoms with Gasteiger partial charge < -0.3 is 14.5 Å². The lowest BCUT2D eigenvalue weighted by Crippen LogP contribution is -2.49. The van der Waals surface area contributed by atoms with E-state index >= 15 is 0 Å². The second-order valence-corrected chi connectivity index (χ2v) is 8.22. The van der Waals surface area contributed by atoms with Crippen molar-refractivity contribution in [3.8, 4) is 11.4 Å². The lowest BCUT2D eigenvalue weighted by atomic mass is 10.1. The third kappa shape index (κ3) is 4.78. The summed E-state index contributed by atoms with van der Waals surface area (Å²) < 4.78 is 5.28. The molecule has 0 saturated carbocycles. The van der Waals surface area contributed by atoms with Crippen LogP contribution >= 0.6 is 0 Å². The Morgan fingerprint density at radius 2 is 1.59 bits per heavy atom. The number of hydrogen-bond donors (Lipinski definition) is 0. The molecule has 0 aliphatic carbocycles. The topological polar surface area (TPSA) is 75.6 Å². The molecule has 0 radical (unpaired) electrons. The smallest absolute Gasteiger partial charge is 0.342 e. The van der Waals surface area contributed by atoms with E-state index in [9.17, 15) is 9.59 Å². The van der Waals surface area contributed by atoms with Gasteiger partial charge in [-0.1, -0.05) is 55.5 Å². The number of aromatic nitrogens is 2. The van der Waals surface area contributed by atoms with E-state index in [1.54, 1.807) is 11.8 Å². The third-order valence-corrected chi connectivity index (χ3v) is 6.06. The lowest BCUT2D eigenvalue weighted by Gasteiger charge is -2.36. The van der Waals surface area contributed by atoms with Crippen LogP contribution in [0.1, 0.15) is 46.0 Å². The summed E-state index contributed by atoms with van der Waals surface area (Å²) in [6.45, 7) is 8.47. The predicted molar refractivity (Wildman–Crippen MR) is 132 cm³/mol. The van der Waals surface area contributed by atoms with Crippen molar-refractivity contribution >= 4 is 17.6 Å². The summed E-state index contributed by atoms with van der Waals surface area (Å²) in [6, 6.07) is 17.8. The van der Waals surface area contributed by atoms with E-state index in [0.29, 0.717) is 44.1 Å². The van der Waals surface area contributed by atoms with E-state index in [4.69, 9.17) is 4.74 Å². The zero-order valence-corrected chi connectivity index (χ0v) is 20.0. The van der Waals surface area contributed by atoms with Gasteiger partial charge in [-0.3, -0.25) is 4.79 Å². The monoisotopic (exact) mass is 458 g/mol. The van der Waals surface area contributed by atoms with Gasteiger partial charge in [0.2, 0.25) is 0 Å². The first-order chi connectivity index (χ1) is 16.5. The maximum absolute atomic E-state index is 13.7. The molecule has 3 aromatic rings. The van der Waals surface area contributed by atoms with Gasteiger partial charge in [-0.05, 0) is 31.9 Å². The van der Waals surface area contributed by atoms with Crippen LogP contribution in [0.3, 0.4) is 0 Å². The summed E-state index contributed by atoms with van der Waals surface area (Å²) >= 11 is 0. The zero-order valence-electron chi connectivity index (χ0n) is 20.0. The molecule has 0 atom stereocenters. The number of ether oxygens (including phenoxy) is 1. The minimum atomic E-state index is -0.555. The van der Waals surface area contributed by atoms with Gasteiger partial charge in [0.15, 0.2) is 5.82 Å². The second kappa shape index (κ2) is 10.5. The third-order valence-electron chi connectivity index (χ3n) is 6.06. The Morgan fingerprint density at radius 3 is 2.24 bits per heavy atom. The molecular formula is C27H30N4O3. The molecule has 7 heteroatoms. The number of carbonyl (C=O) groups excluding carboxylic acids is 2. The van der Waals surface area contributed by atoms with E-state index in [2.05, 4.69) is 33.9 Å². The van der Waals surface area contributed by atoms with Crippen molar-refractivity contribution in [3.05, 3.63) is 77.1 Å². The Bertz CT molecular complexity index is 1170. The van der Waals surface area contributed by atoms with E-state index < -0.39 is 5.97 Å². The molecule has 0 bridgehead atoms. The van der Waals surface area contributed by atoms with Gasteiger partial charge in [0.05, 0.1) is 12.3 Å². The molecule has 1 aromatic heterocycles. The van der Waals surface area contributed by atoms with E-state index in [1.807, 2.05) is 49.4 Å². The highest BCUT2D eigenvalue weighted by atomic mass is 16.5. The Labute approximate surface area is 200 Å². The van der Waals surface area contributed by atoms with Crippen molar-refractivity contribution in [2.45, 2.75) is 27.2 Å². The molecule has 0 unspecified atom stereocenters. The van der Waals surface area contributed by atoms with Crippen LogP contribution in [0.15, 0.2) is 54.6 Å². The molecule has 1 saturated heterocycles. The molecule has 0 spiro atoms. The number of para-hydroxylation sites is 1. The maximum atomic E-state index is 13.7. The van der Waals surface area contributed by atoms with Gasteiger partial charge in [-0.15, -0.1) is 0 Å². The predicted octanol–water partition coefficient (Wildman–Crippen LogP) is 4.15. The number of hydrogen-bond acceptors (Lipinski definition) is 6. The molecule has 2 aromatic carbocycles. The number of aryl methyl sites for hydroxylation is 2. The molecular weight excluding hydrogens is 428 g/mol. The Balaban J connectivity index is 1.67. The minimum absolute atomic E-state index is 0.119. The molecule has 1 aliphatic heterocycles. The number of esters is 1. The Kier molecular flexibility index (Phi) is 7.21. The van der Waals surface area contributed by atoms with E-state index in [1.165, 1.54) is 11.3 Å². The summed E-state index contributed by atoms with van der Waals surface area (Å²) in [5.74, 6) is -0.380. The van der Waals surface area contributed by atoms with Gasteiger partial charge in [-0.2, -0.15) is 0 Å². The molecule has 1 amide bonds. The number of nitrogens with zero attached hydrogens (tertiary/aromatic N) is 4. The van der Waals surface area contributed by atoms with Gasteiger partial charge in [0, 0.05) is 37.4 Å². The van der Waals surface area contributed by atoms with Gasteiger partial charge in [0.25, 0.3) is 5.91 Å². The first kappa shape index (κ1) is 23.4. The highest BCUT2D eigenvalue weighted by Gasteiger charge is 2.31. The van der Waals surface area contributed by atoms with Crippen LogP contribution < -0.4 is 4.90 Å². The number of amides is 1. The summed E-state index contributed by atoms with van der Waals surface area (Å²) in [5.41, 5.74) is 4.01. The fourth-order valence-corrected chi connectivity index (χ4v) is 4.27. The highest BCUT2D eigenvalue weighted by Crippen LogP contribution is 2.24. The van der Waals surface area contributed by atoms with E-state index in [-0.39, 0.29) is 23.8 Å². The lowest BCUT2D eigenvalue weighted by molar-refractivity contribution is 0.0515. The van der Waals surface area contributed by atoms with Crippen LogP contribution in [0.4, 0.5) is 5.69 Å². The van der Waals surface area contributed by atoms with Gasteiger partial charge in [-0.25, -0.2) is 14.8 Å². The standard InChI is InChI=1S/C27H30N4O3/c1-4-21-23(27(33)34-5-2)24(29-25(28-21)20-12-7-6-8-13-20)26(32)31-17-15-30(16-18-31)22-14-10-9-11-19(22)3/h6-14H,4-5,15-18H2,1-3H3.